The van der Waals surface area contributed by atoms with Gasteiger partial charge in [-0.05, 0) is 60.6 Å². The summed E-state index contributed by atoms with van der Waals surface area (Å²) in [6.07, 6.45) is 5.68. The molecule has 0 bridgehead atoms. The zero-order valence-electron chi connectivity index (χ0n) is 22.5. The van der Waals surface area contributed by atoms with Gasteiger partial charge in [0.2, 0.25) is 0 Å². The number of hydrogen-bond donors (Lipinski definition) is 0. The summed E-state index contributed by atoms with van der Waals surface area (Å²) in [5.41, 5.74) is 5.09. The molecule has 1 unspecified atom stereocenters. The number of nitrogens with zero attached hydrogens (tertiary/aromatic N) is 3. The highest BCUT2D eigenvalue weighted by atomic mass is 19.2. The Morgan fingerprint density at radius 3 is 2.45 bits per heavy atom. The van der Waals surface area contributed by atoms with Crippen LogP contribution in [-0.2, 0) is 21.8 Å². The second kappa shape index (κ2) is 10.5. The monoisotopic (exact) mass is 519 g/mol. The number of ether oxygens (including phenoxy) is 1. The Balaban J connectivity index is 1.31. The third-order valence-electron chi connectivity index (χ3n) is 7.57. The van der Waals surface area contributed by atoms with E-state index in [1.54, 1.807) is 0 Å². The summed E-state index contributed by atoms with van der Waals surface area (Å²) < 4.78 is 33.9. The summed E-state index contributed by atoms with van der Waals surface area (Å²) in [5, 5.41) is 4.34. The number of piperidine rings is 1. The van der Waals surface area contributed by atoms with Gasteiger partial charge in [-0.15, -0.1) is 0 Å². The Morgan fingerprint density at radius 1 is 1.05 bits per heavy atom. The zero-order valence-corrected chi connectivity index (χ0v) is 22.5. The van der Waals surface area contributed by atoms with Gasteiger partial charge in [-0.25, -0.2) is 8.78 Å². The Bertz CT molecular complexity index is 1310. The van der Waals surface area contributed by atoms with Crippen LogP contribution in [0.5, 0.6) is 0 Å². The number of aromatic nitrogens is 1. The van der Waals surface area contributed by atoms with Crippen LogP contribution in [0.2, 0.25) is 0 Å². The van der Waals surface area contributed by atoms with Crippen LogP contribution in [0.25, 0.3) is 0 Å². The van der Waals surface area contributed by atoms with Crippen LogP contribution < -0.4 is 0 Å². The molecule has 0 aliphatic carbocycles. The van der Waals surface area contributed by atoms with Crippen molar-refractivity contribution in [3.63, 3.8) is 0 Å². The maximum absolute atomic E-state index is 14.0. The standard InChI is InChI=1S/C31H35F2N3O2/c1-21(36-15-12-31(13-16-36)26-18-34-14-11-25(26)19-37-31)22-5-7-23(8-6-22)29(35-38-20-30(2,3)4)24-9-10-27(32)28(33)17-24/h5-11,14,17-18,21H,12-13,15-16,19-20H2,1-4H3/b35-29+. The van der Waals surface area contributed by atoms with Crippen LogP contribution in [0.3, 0.4) is 0 Å². The fraction of sp³-hybridized carbons (Fsp3) is 0.419. The van der Waals surface area contributed by atoms with Gasteiger partial charge in [0.15, 0.2) is 11.6 Å². The van der Waals surface area contributed by atoms with Gasteiger partial charge in [0, 0.05) is 48.2 Å². The normalized spacial score (nSPS) is 18.4. The van der Waals surface area contributed by atoms with Crippen molar-refractivity contribution in [1.82, 2.24) is 9.88 Å². The first kappa shape index (κ1) is 26.4. The average Bonchev–Trinajstić information content (AvgIpc) is 3.26. The second-order valence-corrected chi connectivity index (χ2v) is 11.6. The van der Waals surface area contributed by atoms with Crippen LogP contribution >= 0.6 is 0 Å². The van der Waals surface area contributed by atoms with Gasteiger partial charge in [-0.3, -0.25) is 9.88 Å². The van der Waals surface area contributed by atoms with E-state index in [1.807, 2.05) is 45.3 Å². The summed E-state index contributed by atoms with van der Waals surface area (Å²) in [7, 11) is 0. The molecule has 38 heavy (non-hydrogen) atoms. The van der Waals surface area contributed by atoms with E-state index in [9.17, 15) is 8.78 Å². The van der Waals surface area contributed by atoms with Crippen LogP contribution in [-0.4, -0.2) is 35.3 Å². The molecule has 0 saturated carbocycles. The van der Waals surface area contributed by atoms with E-state index in [-0.39, 0.29) is 17.1 Å². The number of pyridine rings is 1. The second-order valence-electron chi connectivity index (χ2n) is 11.6. The minimum atomic E-state index is -0.913. The molecule has 0 radical (unpaired) electrons. The number of halogens is 2. The lowest BCUT2D eigenvalue weighted by molar-refractivity contribution is -0.0838. The first-order valence-electron chi connectivity index (χ1n) is 13.2. The van der Waals surface area contributed by atoms with Crippen molar-refractivity contribution in [3.05, 3.63) is 100 Å². The van der Waals surface area contributed by atoms with Gasteiger partial charge in [-0.2, -0.15) is 0 Å². The number of fused-ring (bicyclic) bond motifs is 2. The SMILES string of the molecule is CC(c1ccc(/C(=N\OCC(C)(C)C)c2ccc(F)c(F)c2)cc1)N1CCC2(CC1)OCc1ccncc12. The minimum absolute atomic E-state index is 0.0862. The zero-order chi connectivity index (χ0) is 26.9. The van der Waals surface area contributed by atoms with E-state index in [2.05, 4.69) is 40.2 Å². The number of hydrogen-bond acceptors (Lipinski definition) is 5. The molecule has 5 nitrogen and oxygen atoms in total. The van der Waals surface area contributed by atoms with Gasteiger partial charge in [-0.1, -0.05) is 50.2 Å². The first-order valence-corrected chi connectivity index (χ1v) is 13.2. The molecule has 0 amide bonds. The molecule has 2 aliphatic rings. The van der Waals surface area contributed by atoms with E-state index in [4.69, 9.17) is 9.57 Å². The largest absolute Gasteiger partial charge is 0.395 e. The van der Waals surface area contributed by atoms with Gasteiger partial charge in [0.25, 0.3) is 0 Å². The summed E-state index contributed by atoms with van der Waals surface area (Å²) in [4.78, 5) is 12.5. The summed E-state index contributed by atoms with van der Waals surface area (Å²) in [6, 6.07) is 14.2. The number of benzene rings is 2. The fourth-order valence-electron chi connectivity index (χ4n) is 5.28. The predicted octanol–water partition coefficient (Wildman–Crippen LogP) is 6.76. The van der Waals surface area contributed by atoms with E-state index in [0.717, 1.165) is 43.6 Å². The highest BCUT2D eigenvalue weighted by molar-refractivity contribution is 6.12. The topological polar surface area (TPSA) is 47.0 Å². The minimum Gasteiger partial charge on any atom is -0.395 e. The lowest BCUT2D eigenvalue weighted by Crippen LogP contribution is -2.43. The molecule has 0 N–H and O–H groups in total. The van der Waals surface area contributed by atoms with Crippen LogP contribution in [0.15, 0.2) is 66.1 Å². The number of rotatable bonds is 6. The fourth-order valence-corrected chi connectivity index (χ4v) is 5.28. The quantitative estimate of drug-likeness (QED) is 0.267. The van der Waals surface area contributed by atoms with E-state index in [0.29, 0.717) is 24.5 Å². The lowest BCUT2D eigenvalue weighted by atomic mass is 9.84. The molecule has 3 aromatic rings. The Labute approximate surface area is 223 Å². The molecule has 7 heteroatoms. The van der Waals surface area contributed by atoms with Gasteiger partial charge >= 0.3 is 0 Å². The Hall–Kier alpha value is -3.16. The van der Waals surface area contributed by atoms with Crippen molar-refractivity contribution in [1.29, 1.82) is 0 Å². The molecule has 2 aromatic carbocycles. The average molecular weight is 520 g/mol. The van der Waals surface area contributed by atoms with E-state index >= 15 is 0 Å². The lowest BCUT2D eigenvalue weighted by Gasteiger charge is -2.41. The predicted molar refractivity (Wildman–Crippen MR) is 144 cm³/mol. The summed E-state index contributed by atoms with van der Waals surface area (Å²) in [6.45, 7) is 11.3. The van der Waals surface area contributed by atoms with Crippen LogP contribution in [0.4, 0.5) is 8.78 Å². The van der Waals surface area contributed by atoms with Crippen LogP contribution in [0.1, 0.15) is 74.4 Å². The van der Waals surface area contributed by atoms with Gasteiger partial charge in [0.1, 0.15) is 12.3 Å². The van der Waals surface area contributed by atoms with Crippen molar-refractivity contribution in [2.24, 2.45) is 10.6 Å². The van der Waals surface area contributed by atoms with E-state index in [1.165, 1.54) is 22.8 Å². The summed E-state index contributed by atoms with van der Waals surface area (Å²) in [5.74, 6) is -1.80. The molecule has 1 fully saturated rings. The van der Waals surface area contributed by atoms with Crippen molar-refractivity contribution >= 4 is 5.71 Å². The molecule has 2 aliphatic heterocycles. The molecule has 1 atom stereocenters. The third kappa shape index (κ3) is 5.49. The molecule has 1 aromatic heterocycles. The van der Waals surface area contributed by atoms with Gasteiger partial charge in [0.05, 0.1) is 12.2 Å². The molecular formula is C31H35F2N3O2. The highest BCUT2D eigenvalue weighted by Crippen LogP contribution is 2.44. The third-order valence-corrected chi connectivity index (χ3v) is 7.57. The maximum atomic E-state index is 14.0. The molecular weight excluding hydrogens is 484 g/mol. The highest BCUT2D eigenvalue weighted by Gasteiger charge is 2.43. The van der Waals surface area contributed by atoms with Crippen molar-refractivity contribution in [2.45, 2.75) is 58.8 Å². The molecule has 5 rings (SSSR count). The van der Waals surface area contributed by atoms with Crippen LogP contribution in [0, 0.1) is 17.0 Å². The maximum Gasteiger partial charge on any atom is 0.159 e. The first-order chi connectivity index (χ1) is 18.2. The number of oxime groups is 1. The molecule has 1 saturated heterocycles. The van der Waals surface area contributed by atoms with Crippen molar-refractivity contribution in [2.75, 3.05) is 19.7 Å². The molecule has 1 spiro atoms. The Morgan fingerprint density at radius 2 is 1.76 bits per heavy atom. The molecule has 200 valence electrons. The summed E-state index contributed by atoms with van der Waals surface area (Å²) >= 11 is 0. The molecule has 3 heterocycles. The smallest absolute Gasteiger partial charge is 0.159 e. The van der Waals surface area contributed by atoms with E-state index < -0.39 is 11.6 Å². The van der Waals surface area contributed by atoms with Gasteiger partial charge < -0.3 is 9.57 Å². The number of likely N-dealkylation sites (tertiary alicyclic amines) is 1. The van der Waals surface area contributed by atoms with Crippen molar-refractivity contribution < 1.29 is 18.4 Å². The Kier molecular flexibility index (Phi) is 7.34. The van der Waals surface area contributed by atoms with Crippen molar-refractivity contribution in [3.8, 4) is 0 Å².